The zero-order chi connectivity index (χ0) is 11.1. The van der Waals surface area contributed by atoms with Crippen LogP contribution in [-0.4, -0.2) is 18.7 Å². The van der Waals surface area contributed by atoms with E-state index in [9.17, 15) is 13.2 Å². The second-order valence-corrected chi connectivity index (χ2v) is 4.46. The van der Waals surface area contributed by atoms with Crippen molar-refractivity contribution >= 4 is 15.9 Å². The van der Waals surface area contributed by atoms with Gasteiger partial charge in [-0.3, -0.25) is 0 Å². The van der Waals surface area contributed by atoms with E-state index in [1.165, 1.54) is 24.3 Å². The summed E-state index contributed by atoms with van der Waals surface area (Å²) in [4.78, 5) is 13.6. The standard InChI is InChI=1S/C7H4N4O3S/c8-9-10-11-7(12)5-3-1-2-4-6(5)15(11,13)14/h1-4H. The van der Waals surface area contributed by atoms with Crippen molar-refractivity contribution in [1.82, 2.24) is 4.41 Å². The number of benzene rings is 1. The molecule has 0 aliphatic carbocycles. The van der Waals surface area contributed by atoms with E-state index >= 15 is 0 Å². The van der Waals surface area contributed by atoms with E-state index in [0.29, 0.717) is 0 Å². The van der Waals surface area contributed by atoms with Gasteiger partial charge in [0, 0.05) is 5.22 Å². The normalized spacial score (nSPS) is 17.1. The molecule has 8 heteroatoms. The molecule has 0 saturated carbocycles. The molecule has 76 valence electrons. The van der Waals surface area contributed by atoms with Gasteiger partial charge in [-0.25, -0.2) is 4.79 Å². The third-order valence-electron chi connectivity index (χ3n) is 1.92. The van der Waals surface area contributed by atoms with Gasteiger partial charge >= 0.3 is 15.9 Å². The Labute approximate surface area is 84.6 Å². The number of fused-ring (bicyclic) bond motifs is 1. The van der Waals surface area contributed by atoms with Gasteiger partial charge in [0.1, 0.15) is 4.90 Å². The van der Waals surface area contributed by atoms with Gasteiger partial charge < -0.3 is 0 Å². The predicted molar refractivity (Wildman–Crippen MR) is 48.9 cm³/mol. The summed E-state index contributed by atoms with van der Waals surface area (Å²) in [7, 11) is -3.99. The average Bonchev–Trinajstić information content (AvgIpc) is 2.41. The summed E-state index contributed by atoms with van der Waals surface area (Å²) in [5.74, 6) is -0.830. The van der Waals surface area contributed by atoms with Crippen LogP contribution in [0.25, 0.3) is 10.4 Å². The van der Waals surface area contributed by atoms with Gasteiger partial charge in [-0.1, -0.05) is 16.5 Å². The maximum atomic E-state index is 11.6. The third-order valence-corrected chi connectivity index (χ3v) is 3.52. The summed E-state index contributed by atoms with van der Waals surface area (Å²) in [6.07, 6.45) is 0. The molecule has 1 aromatic carbocycles. The van der Waals surface area contributed by atoms with Gasteiger partial charge in [0.2, 0.25) is 0 Å². The number of amides is 1. The first-order chi connectivity index (χ1) is 7.09. The van der Waals surface area contributed by atoms with Gasteiger partial charge in [-0.05, 0) is 12.1 Å². The first-order valence-corrected chi connectivity index (χ1v) is 5.27. The number of nitrogens with zero attached hydrogens (tertiary/aromatic N) is 4. The molecular weight excluding hydrogens is 220 g/mol. The number of sulfonamides is 1. The smallest absolute Gasteiger partial charge is 0.239 e. The molecule has 0 atom stereocenters. The molecule has 0 saturated heterocycles. The SMILES string of the molecule is [N-]=[N+]=NN1C(=O)c2ccccc2S1(=O)=O. The van der Waals surface area contributed by atoms with Crippen molar-refractivity contribution in [1.29, 1.82) is 0 Å². The maximum absolute atomic E-state index is 11.6. The van der Waals surface area contributed by atoms with Gasteiger partial charge in [0.05, 0.1) is 5.56 Å². The summed E-state index contributed by atoms with van der Waals surface area (Å²) in [6, 6.07) is 5.67. The first-order valence-electron chi connectivity index (χ1n) is 3.83. The van der Waals surface area contributed by atoms with Crippen LogP contribution in [0.3, 0.4) is 0 Å². The molecule has 0 N–H and O–H groups in total. The minimum Gasteiger partial charge on any atom is -0.239 e. The van der Waals surface area contributed by atoms with Crippen LogP contribution in [-0.2, 0) is 10.0 Å². The van der Waals surface area contributed by atoms with E-state index in [1.54, 1.807) is 0 Å². The molecule has 15 heavy (non-hydrogen) atoms. The van der Waals surface area contributed by atoms with E-state index in [0.717, 1.165) is 0 Å². The lowest BCUT2D eigenvalue weighted by Crippen LogP contribution is -2.23. The zero-order valence-corrected chi connectivity index (χ0v) is 8.05. The van der Waals surface area contributed by atoms with Crippen LogP contribution < -0.4 is 0 Å². The second-order valence-electron chi connectivity index (χ2n) is 2.73. The number of rotatable bonds is 1. The number of azide groups is 1. The zero-order valence-electron chi connectivity index (χ0n) is 7.23. The molecular formula is C7H4N4O3S. The summed E-state index contributed by atoms with van der Waals surface area (Å²) in [5.41, 5.74) is 8.17. The van der Waals surface area contributed by atoms with Crippen molar-refractivity contribution in [3.05, 3.63) is 40.3 Å². The van der Waals surface area contributed by atoms with Gasteiger partial charge in [-0.2, -0.15) is 13.3 Å². The fourth-order valence-electron chi connectivity index (χ4n) is 1.30. The van der Waals surface area contributed by atoms with Crippen LogP contribution >= 0.6 is 0 Å². The monoisotopic (exact) mass is 224 g/mol. The van der Waals surface area contributed by atoms with Crippen molar-refractivity contribution in [2.75, 3.05) is 0 Å². The molecule has 0 bridgehead atoms. The van der Waals surface area contributed by atoms with E-state index in [2.05, 4.69) is 10.1 Å². The topological polar surface area (TPSA) is 103 Å². The Morgan fingerprint density at radius 1 is 1.33 bits per heavy atom. The van der Waals surface area contributed by atoms with Gasteiger partial charge in [0.25, 0.3) is 0 Å². The van der Waals surface area contributed by atoms with E-state index in [4.69, 9.17) is 5.53 Å². The highest BCUT2D eigenvalue weighted by Gasteiger charge is 2.45. The number of carbonyl (C=O) groups excluding carboxylic acids is 1. The second kappa shape index (κ2) is 2.97. The maximum Gasteiger partial charge on any atom is 0.361 e. The molecule has 7 nitrogen and oxygen atoms in total. The fraction of sp³-hybridized carbons (Fsp3) is 0. The minimum absolute atomic E-state index is 0.0184. The summed E-state index contributed by atoms with van der Waals surface area (Å²) in [5, 5.41) is 2.85. The van der Waals surface area contributed by atoms with Crippen LogP contribution in [0.4, 0.5) is 0 Å². The predicted octanol–water partition coefficient (Wildman–Crippen LogP) is 1.06. The van der Waals surface area contributed by atoms with Crippen molar-refractivity contribution < 1.29 is 13.2 Å². The molecule has 0 spiro atoms. The fourth-order valence-corrected chi connectivity index (χ4v) is 2.61. The molecule has 0 fully saturated rings. The van der Waals surface area contributed by atoms with Crippen molar-refractivity contribution in [2.45, 2.75) is 4.90 Å². The highest BCUT2D eigenvalue weighted by atomic mass is 32.2. The summed E-state index contributed by atoms with van der Waals surface area (Å²) >= 11 is 0. The van der Waals surface area contributed by atoms with Crippen LogP contribution in [0.5, 0.6) is 0 Å². The average molecular weight is 224 g/mol. The summed E-state index contributed by atoms with van der Waals surface area (Å²) in [6.45, 7) is 0. The van der Waals surface area contributed by atoms with E-state index in [-0.39, 0.29) is 14.9 Å². The number of hydrogen-bond acceptors (Lipinski definition) is 4. The van der Waals surface area contributed by atoms with Gasteiger partial charge in [0.15, 0.2) is 0 Å². The Balaban J connectivity index is 2.76. The van der Waals surface area contributed by atoms with Gasteiger partial charge in [-0.15, -0.1) is 5.53 Å². The van der Waals surface area contributed by atoms with Crippen molar-refractivity contribution in [3.63, 3.8) is 0 Å². The van der Waals surface area contributed by atoms with Crippen LogP contribution in [0, 0.1) is 0 Å². The Morgan fingerprint density at radius 3 is 2.60 bits per heavy atom. The molecule has 1 aliphatic rings. The third kappa shape index (κ3) is 1.16. The van der Waals surface area contributed by atoms with Crippen molar-refractivity contribution in [3.8, 4) is 0 Å². The molecule has 2 rings (SSSR count). The Bertz CT molecular complexity index is 588. The molecule has 1 amide bonds. The largest absolute Gasteiger partial charge is 0.361 e. The Morgan fingerprint density at radius 2 is 2.00 bits per heavy atom. The first kappa shape index (κ1) is 9.50. The number of hydrogen-bond donors (Lipinski definition) is 0. The highest BCUT2D eigenvalue weighted by Crippen LogP contribution is 2.29. The Kier molecular flexibility index (Phi) is 1.88. The molecule has 0 radical (unpaired) electrons. The molecule has 1 heterocycles. The lowest BCUT2D eigenvalue weighted by Gasteiger charge is -1.99. The minimum atomic E-state index is -3.99. The highest BCUT2D eigenvalue weighted by molar-refractivity contribution is 7.90. The van der Waals surface area contributed by atoms with Crippen LogP contribution in [0.15, 0.2) is 34.4 Å². The van der Waals surface area contributed by atoms with E-state index < -0.39 is 15.9 Å². The quantitative estimate of drug-likeness (QED) is 0.404. The summed E-state index contributed by atoms with van der Waals surface area (Å²) < 4.78 is 23.4. The van der Waals surface area contributed by atoms with Crippen LogP contribution in [0.2, 0.25) is 0 Å². The number of carbonyl (C=O) groups is 1. The molecule has 1 aromatic rings. The molecule has 0 unspecified atom stereocenters. The van der Waals surface area contributed by atoms with Crippen molar-refractivity contribution in [2.24, 2.45) is 5.22 Å². The van der Waals surface area contributed by atoms with E-state index in [1.807, 2.05) is 0 Å². The molecule has 0 aromatic heterocycles. The Hall–Kier alpha value is -2.05. The molecule has 1 aliphatic heterocycles. The van der Waals surface area contributed by atoms with Crippen LogP contribution in [0.1, 0.15) is 10.4 Å². The lowest BCUT2D eigenvalue weighted by molar-refractivity contribution is 0.0872. The lowest BCUT2D eigenvalue weighted by atomic mass is 10.2.